The lowest BCUT2D eigenvalue weighted by molar-refractivity contribution is -0.129. The fourth-order valence-electron chi connectivity index (χ4n) is 3.39. The van der Waals surface area contributed by atoms with Gasteiger partial charge in [-0.15, -0.1) is 0 Å². The van der Waals surface area contributed by atoms with Gasteiger partial charge < -0.3 is 20.4 Å². The van der Waals surface area contributed by atoms with Crippen molar-refractivity contribution < 1.29 is 14.4 Å². The van der Waals surface area contributed by atoms with Crippen LogP contribution in [-0.4, -0.2) is 66.9 Å². The third kappa shape index (κ3) is 6.55. The summed E-state index contributed by atoms with van der Waals surface area (Å²) in [6.45, 7) is 7.01. The van der Waals surface area contributed by atoms with E-state index in [-0.39, 0.29) is 30.3 Å². The Balaban J connectivity index is 1.64. The standard InChI is InChI=1S/C21H32N4O3/c1-3-24(4-2)21(28)25-14-11-18(12-15-25)20(27)23-16-19(26)22-13-10-17-8-6-5-7-9-17/h5-9,18H,3-4,10-16H2,1-2H3,(H,22,26)(H,23,27). The highest BCUT2D eigenvalue weighted by Crippen LogP contribution is 2.18. The molecule has 1 aliphatic rings. The number of piperidine rings is 1. The van der Waals surface area contributed by atoms with E-state index < -0.39 is 0 Å². The van der Waals surface area contributed by atoms with Gasteiger partial charge in [-0.25, -0.2) is 4.79 Å². The summed E-state index contributed by atoms with van der Waals surface area (Å²) in [5, 5.41) is 5.55. The van der Waals surface area contributed by atoms with E-state index in [1.807, 2.05) is 49.1 Å². The van der Waals surface area contributed by atoms with Crippen molar-refractivity contribution in [1.82, 2.24) is 20.4 Å². The van der Waals surface area contributed by atoms with E-state index in [2.05, 4.69) is 10.6 Å². The fourth-order valence-corrected chi connectivity index (χ4v) is 3.39. The number of amides is 4. The van der Waals surface area contributed by atoms with Crippen LogP contribution in [-0.2, 0) is 16.0 Å². The molecular weight excluding hydrogens is 356 g/mol. The first kappa shape index (κ1) is 21.7. The van der Waals surface area contributed by atoms with Crippen LogP contribution in [0, 0.1) is 5.92 Å². The SMILES string of the molecule is CCN(CC)C(=O)N1CCC(C(=O)NCC(=O)NCCc2ccccc2)CC1. The zero-order valence-electron chi connectivity index (χ0n) is 16.9. The van der Waals surface area contributed by atoms with Crippen LogP contribution in [0.1, 0.15) is 32.3 Å². The van der Waals surface area contributed by atoms with Crippen molar-refractivity contribution in [3.8, 4) is 0 Å². The minimum Gasteiger partial charge on any atom is -0.354 e. The summed E-state index contributed by atoms with van der Waals surface area (Å²) >= 11 is 0. The number of nitrogens with zero attached hydrogens (tertiary/aromatic N) is 2. The van der Waals surface area contributed by atoms with E-state index in [1.165, 1.54) is 0 Å². The molecule has 0 aliphatic carbocycles. The van der Waals surface area contributed by atoms with Crippen molar-refractivity contribution in [3.05, 3.63) is 35.9 Å². The van der Waals surface area contributed by atoms with Crippen LogP contribution in [0.3, 0.4) is 0 Å². The van der Waals surface area contributed by atoms with Crippen LogP contribution in [0.5, 0.6) is 0 Å². The van der Waals surface area contributed by atoms with Gasteiger partial charge in [0.2, 0.25) is 11.8 Å². The third-order valence-electron chi connectivity index (χ3n) is 5.17. The van der Waals surface area contributed by atoms with Gasteiger partial charge in [-0.05, 0) is 38.7 Å². The molecule has 154 valence electrons. The number of hydrogen-bond acceptors (Lipinski definition) is 3. The number of likely N-dealkylation sites (tertiary alicyclic amines) is 1. The van der Waals surface area contributed by atoms with E-state index >= 15 is 0 Å². The minimum absolute atomic E-state index is 0.00772. The van der Waals surface area contributed by atoms with Crippen molar-refractivity contribution >= 4 is 17.8 Å². The summed E-state index contributed by atoms with van der Waals surface area (Å²) < 4.78 is 0. The third-order valence-corrected chi connectivity index (χ3v) is 5.17. The second kappa shape index (κ2) is 11.3. The lowest BCUT2D eigenvalue weighted by Gasteiger charge is -2.34. The molecule has 1 aromatic carbocycles. The van der Waals surface area contributed by atoms with Crippen LogP contribution >= 0.6 is 0 Å². The molecule has 1 aromatic rings. The Hall–Kier alpha value is -2.57. The molecule has 2 N–H and O–H groups in total. The molecule has 1 fully saturated rings. The number of urea groups is 1. The molecule has 7 heteroatoms. The smallest absolute Gasteiger partial charge is 0.319 e. The molecule has 0 unspecified atom stereocenters. The van der Waals surface area contributed by atoms with Gasteiger partial charge in [0.1, 0.15) is 0 Å². The molecule has 1 aliphatic heterocycles. The molecular formula is C21H32N4O3. The summed E-state index contributed by atoms with van der Waals surface area (Å²) in [6, 6.07) is 9.98. The quantitative estimate of drug-likeness (QED) is 0.710. The van der Waals surface area contributed by atoms with Gasteiger partial charge in [-0.3, -0.25) is 9.59 Å². The number of benzene rings is 1. The van der Waals surface area contributed by atoms with Crippen LogP contribution in [0.25, 0.3) is 0 Å². The van der Waals surface area contributed by atoms with Crippen LogP contribution < -0.4 is 10.6 Å². The van der Waals surface area contributed by atoms with E-state index in [4.69, 9.17) is 0 Å². The van der Waals surface area contributed by atoms with Gasteiger partial charge in [0.25, 0.3) is 0 Å². The molecule has 4 amide bonds. The second-order valence-electron chi connectivity index (χ2n) is 7.02. The maximum atomic E-state index is 12.4. The maximum Gasteiger partial charge on any atom is 0.319 e. The molecule has 1 saturated heterocycles. The maximum absolute atomic E-state index is 12.4. The van der Waals surface area contributed by atoms with Crippen molar-refractivity contribution in [2.24, 2.45) is 5.92 Å². The van der Waals surface area contributed by atoms with Crippen LogP contribution in [0.4, 0.5) is 4.79 Å². The Morgan fingerprint density at radius 3 is 2.29 bits per heavy atom. The van der Waals surface area contributed by atoms with Gasteiger partial charge >= 0.3 is 6.03 Å². The Morgan fingerprint density at radius 2 is 1.68 bits per heavy atom. The first-order valence-corrected chi connectivity index (χ1v) is 10.2. The van der Waals surface area contributed by atoms with Gasteiger partial charge in [0, 0.05) is 38.6 Å². The van der Waals surface area contributed by atoms with Gasteiger partial charge in [-0.1, -0.05) is 30.3 Å². The normalized spacial score (nSPS) is 14.4. The molecule has 28 heavy (non-hydrogen) atoms. The summed E-state index contributed by atoms with van der Waals surface area (Å²) in [4.78, 5) is 40.2. The van der Waals surface area contributed by atoms with Crippen molar-refractivity contribution in [2.45, 2.75) is 33.1 Å². The first-order chi connectivity index (χ1) is 13.5. The lowest BCUT2D eigenvalue weighted by atomic mass is 9.96. The average molecular weight is 389 g/mol. The summed E-state index contributed by atoms with van der Waals surface area (Å²) in [6.07, 6.45) is 2.03. The molecule has 0 aromatic heterocycles. The number of carbonyl (C=O) groups excluding carboxylic acids is 3. The van der Waals surface area contributed by atoms with Gasteiger partial charge in [0.15, 0.2) is 0 Å². The van der Waals surface area contributed by atoms with Crippen LogP contribution in [0.15, 0.2) is 30.3 Å². The van der Waals surface area contributed by atoms with E-state index in [9.17, 15) is 14.4 Å². The van der Waals surface area contributed by atoms with E-state index in [1.54, 1.807) is 4.90 Å². The van der Waals surface area contributed by atoms with E-state index in [0.29, 0.717) is 45.6 Å². The predicted molar refractivity (Wildman–Crippen MR) is 109 cm³/mol. The summed E-state index contributed by atoms with van der Waals surface area (Å²) in [5.41, 5.74) is 1.16. The van der Waals surface area contributed by atoms with Gasteiger partial charge in [0.05, 0.1) is 6.54 Å². The molecule has 0 atom stereocenters. The van der Waals surface area contributed by atoms with Crippen molar-refractivity contribution in [2.75, 3.05) is 39.3 Å². The second-order valence-corrected chi connectivity index (χ2v) is 7.02. The summed E-state index contributed by atoms with van der Waals surface area (Å²) in [7, 11) is 0. The number of hydrogen-bond donors (Lipinski definition) is 2. The largest absolute Gasteiger partial charge is 0.354 e. The first-order valence-electron chi connectivity index (χ1n) is 10.2. The molecule has 0 spiro atoms. The molecule has 0 bridgehead atoms. The zero-order chi connectivity index (χ0) is 20.4. The fraction of sp³-hybridized carbons (Fsp3) is 0.571. The Morgan fingerprint density at radius 1 is 1.04 bits per heavy atom. The number of rotatable bonds is 8. The molecule has 2 rings (SSSR count). The zero-order valence-corrected chi connectivity index (χ0v) is 16.9. The van der Waals surface area contributed by atoms with E-state index in [0.717, 1.165) is 12.0 Å². The molecule has 1 heterocycles. The molecule has 0 radical (unpaired) electrons. The summed E-state index contributed by atoms with van der Waals surface area (Å²) in [5.74, 6) is -0.426. The lowest BCUT2D eigenvalue weighted by Crippen LogP contribution is -2.49. The van der Waals surface area contributed by atoms with Crippen molar-refractivity contribution in [1.29, 1.82) is 0 Å². The Kier molecular flexibility index (Phi) is 8.78. The number of carbonyl (C=O) groups is 3. The Labute approximate surface area is 167 Å². The highest BCUT2D eigenvalue weighted by atomic mass is 16.2. The molecule has 0 saturated carbocycles. The average Bonchev–Trinajstić information content (AvgIpc) is 2.73. The predicted octanol–water partition coefficient (Wildman–Crippen LogP) is 1.64. The van der Waals surface area contributed by atoms with Gasteiger partial charge in [-0.2, -0.15) is 0 Å². The highest BCUT2D eigenvalue weighted by molar-refractivity contribution is 5.86. The Bertz CT molecular complexity index is 638. The highest BCUT2D eigenvalue weighted by Gasteiger charge is 2.28. The van der Waals surface area contributed by atoms with Crippen LogP contribution in [0.2, 0.25) is 0 Å². The topological polar surface area (TPSA) is 81.8 Å². The monoisotopic (exact) mass is 388 g/mol. The number of nitrogens with one attached hydrogen (secondary N) is 2. The minimum atomic E-state index is -0.182. The van der Waals surface area contributed by atoms with Crippen molar-refractivity contribution in [3.63, 3.8) is 0 Å². The molecule has 7 nitrogen and oxygen atoms in total.